The van der Waals surface area contributed by atoms with Crippen molar-refractivity contribution in [3.05, 3.63) is 126 Å². The number of unbranched alkanes of at least 4 members (excludes halogenated alkanes) is 2. The van der Waals surface area contributed by atoms with Crippen molar-refractivity contribution in [2.45, 2.75) is 59.5 Å². The van der Waals surface area contributed by atoms with Gasteiger partial charge in [-0.1, -0.05) is 86.5 Å². The number of hydrogen-bond donors (Lipinski definition) is 2. The number of Topliss-reactive ketones (excluding diaryl/α,β-unsaturated/α-hetero) is 1. The second kappa shape index (κ2) is 16.5. The molecule has 7 rings (SSSR count). The van der Waals surface area contributed by atoms with E-state index in [0.29, 0.717) is 57.3 Å². The normalized spacial score (nSPS) is 11.1. The quantitative estimate of drug-likeness (QED) is 0.106. The Morgan fingerprint density at radius 2 is 1.25 bits per heavy atom. The van der Waals surface area contributed by atoms with Gasteiger partial charge in [-0.05, 0) is 95.4 Å². The molecule has 12 nitrogen and oxygen atoms in total. The Balaban J connectivity index is 1.05. The van der Waals surface area contributed by atoms with Crippen LogP contribution in [0.2, 0.25) is 0 Å². The highest BCUT2D eigenvalue weighted by Gasteiger charge is 2.19. The van der Waals surface area contributed by atoms with Gasteiger partial charge >= 0.3 is 0 Å². The summed E-state index contributed by atoms with van der Waals surface area (Å²) >= 11 is 0. The van der Waals surface area contributed by atoms with Crippen molar-refractivity contribution in [1.29, 1.82) is 0 Å². The Morgan fingerprint density at radius 3 is 1.91 bits per heavy atom. The van der Waals surface area contributed by atoms with Gasteiger partial charge in [-0.15, -0.1) is 15.3 Å². The smallest absolute Gasteiger partial charge is 0.256 e. The summed E-state index contributed by atoms with van der Waals surface area (Å²) in [7, 11) is 0. The molecule has 0 aliphatic rings. The standard InChI is InChI=1S/C43H41N9O3/c1-4-6-24-51-27-40(46-49-51)39-26-31(18-23-37(39)41-47-50-52(48-41)25-7-5-2)42(54)44-32-19-14-29(15-20-32)30-16-21-33(22-17-30)45-43(55)38-13-9-11-35-34(28(3)53)10-8-12-36(35)38/h8-23,26-27H,4-7,24-25H2,1-3H3,(H,44,54)(H,45,55). The SMILES string of the molecule is CCCCn1cc(-c2cc(C(=O)Nc3ccc(-c4ccc(NC(=O)c5cccc6c(C(C)=O)cccc56)cc4)cc3)ccc2-c2nnn(CCCC)n2)nn1. The molecule has 276 valence electrons. The zero-order valence-corrected chi connectivity index (χ0v) is 31.0. The van der Waals surface area contributed by atoms with E-state index in [9.17, 15) is 14.4 Å². The molecule has 2 heterocycles. The monoisotopic (exact) mass is 731 g/mol. The van der Waals surface area contributed by atoms with Crippen LogP contribution in [0.3, 0.4) is 0 Å². The second-order valence-corrected chi connectivity index (χ2v) is 13.4. The highest BCUT2D eigenvalue weighted by molar-refractivity contribution is 6.16. The first-order chi connectivity index (χ1) is 26.8. The van der Waals surface area contributed by atoms with Gasteiger partial charge in [-0.2, -0.15) is 4.80 Å². The van der Waals surface area contributed by atoms with Gasteiger partial charge in [0.1, 0.15) is 5.69 Å². The Kier molecular flexibility index (Phi) is 10.9. The minimum Gasteiger partial charge on any atom is -0.322 e. The van der Waals surface area contributed by atoms with E-state index in [4.69, 9.17) is 0 Å². The summed E-state index contributed by atoms with van der Waals surface area (Å²) in [6.45, 7) is 7.18. The van der Waals surface area contributed by atoms with Gasteiger partial charge in [0.25, 0.3) is 11.8 Å². The predicted molar refractivity (Wildman–Crippen MR) is 214 cm³/mol. The van der Waals surface area contributed by atoms with E-state index >= 15 is 0 Å². The summed E-state index contributed by atoms with van der Waals surface area (Å²) in [4.78, 5) is 40.6. The minimum absolute atomic E-state index is 0.0490. The van der Waals surface area contributed by atoms with E-state index in [2.05, 4.69) is 50.2 Å². The molecule has 0 radical (unpaired) electrons. The molecule has 0 aliphatic heterocycles. The van der Waals surface area contributed by atoms with E-state index in [1.54, 1.807) is 41.2 Å². The highest BCUT2D eigenvalue weighted by atomic mass is 16.2. The van der Waals surface area contributed by atoms with E-state index in [1.807, 2.05) is 77.6 Å². The van der Waals surface area contributed by atoms with Gasteiger partial charge in [-0.3, -0.25) is 19.1 Å². The zero-order chi connectivity index (χ0) is 38.3. The van der Waals surface area contributed by atoms with Crippen LogP contribution in [0.5, 0.6) is 0 Å². The average molecular weight is 732 g/mol. The molecule has 0 saturated heterocycles. The summed E-state index contributed by atoms with van der Waals surface area (Å²) in [5.41, 5.74) is 6.73. The molecule has 0 fully saturated rings. The van der Waals surface area contributed by atoms with Crippen molar-refractivity contribution in [3.8, 4) is 33.8 Å². The third kappa shape index (κ3) is 8.23. The number of nitrogens with zero attached hydrogens (tertiary/aromatic N) is 7. The summed E-state index contributed by atoms with van der Waals surface area (Å²) < 4.78 is 1.81. The van der Waals surface area contributed by atoms with Gasteiger partial charge in [0.2, 0.25) is 5.82 Å². The molecular weight excluding hydrogens is 691 g/mol. The fourth-order valence-corrected chi connectivity index (χ4v) is 6.40. The van der Waals surface area contributed by atoms with E-state index in [0.717, 1.165) is 54.1 Å². The van der Waals surface area contributed by atoms with E-state index in [1.165, 1.54) is 6.92 Å². The lowest BCUT2D eigenvalue weighted by molar-refractivity contribution is 0.101. The lowest BCUT2D eigenvalue weighted by atomic mass is 9.98. The lowest BCUT2D eigenvalue weighted by Gasteiger charge is -2.11. The minimum atomic E-state index is -0.276. The number of hydrogen-bond acceptors (Lipinski definition) is 8. The van der Waals surface area contributed by atoms with Crippen LogP contribution in [0.4, 0.5) is 11.4 Å². The molecule has 7 aromatic rings. The van der Waals surface area contributed by atoms with Crippen molar-refractivity contribution in [3.63, 3.8) is 0 Å². The fraction of sp³-hybridized carbons (Fsp3) is 0.209. The Morgan fingerprint density at radius 1 is 0.636 bits per heavy atom. The number of carbonyl (C=O) groups is 3. The van der Waals surface area contributed by atoms with Gasteiger partial charge < -0.3 is 10.6 Å². The third-order valence-corrected chi connectivity index (χ3v) is 9.41. The zero-order valence-electron chi connectivity index (χ0n) is 31.0. The maximum absolute atomic E-state index is 13.6. The first kappa shape index (κ1) is 36.5. The number of nitrogens with one attached hydrogen (secondary N) is 2. The maximum atomic E-state index is 13.6. The molecule has 2 N–H and O–H groups in total. The topological polar surface area (TPSA) is 150 Å². The van der Waals surface area contributed by atoms with Crippen molar-refractivity contribution in [2.24, 2.45) is 0 Å². The molecule has 0 saturated carbocycles. The van der Waals surface area contributed by atoms with Crippen molar-refractivity contribution < 1.29 is 14.4 Å². The molecule has 0 bridgehead atoms. The molecule has 0 aliphatic carbocycles. The number of carbonyl (C=O) groups excluding carboxylic acids is 3. The van der Waals surface area contributed by atoms with E-state index < -0.39 is 0 Å². The third-order valence-electron chi connectivity index (χ3n) is 9.41. The number of fused-ring (bicyclic) bond motifs is 1. The Hall–Kier alpha value is -6.82. The number of amides is 2. The number of rotatable bonds is 14. The Bertz CT molecular complexity index is 2480. The van der Waals surface area contributed by atoms with Crippen LogP contribution in [0.1, 0.15) is 77.5 Å². The first-order valence-corrected chi connectivity index (χ1v) is 18.5. The van der Waals surface area contributed by atoms with Crippen LogP contribution >= 0.6 is 0 Å². The molecule has 12 heteroatoms. The molecule has 0 atom stereocenters. The van der Waals surface area contributed by atoms with Crippen LogP contribution < -0.4 is 10.6 Å². The fourth-order valence-electron chi connectivity index (χ4n) is 6.40. The predicted octanol–water partition coefficient (Wildman–Crippen LogP) is 8.73. The van der Waals surface area contributed by atoms with Crippen LogP contribution in [-0.2, 0) is 13.1 Å². The van der Waals surface area contributed by atoms with Gasteiger partial charge in [0.15, 0.2) is 5.78 Å². The molecule has 2 aromatic heterocycles. The highest BCUT2D eigenvalue weighted by Crippen LogP contribution is 2.31. The molecule has 5 aromatic carbocycles. The van der Waals surface area contributed by atoms with Crippen molar-refractivity contribution in [1.82, 2.24) is 35.2 Å². The lowest BCUT2D eigenvalue weighted by Crippen LogP contribution is -2.12. The van der Waals surface area contributed by atoms with Crippen LogP contribution in [0.15, 0.2) is 109 Å². The number of aromatic nitrogens is 7. The van der Waals surface area contributed by atoms with Gasteiger partial charge in [0, 0.05) is 45.7 Å². The molecule has 0 spiro atoms. The number of anilines is 2. The summed E-state index contributed by atoms with van der Waals surface area (Å²) in [6.07, 6.45) is 5.86. The van der Waals surface area contributed by atoms with E-state index in [-0.39, 0.29) is 17.6 Å². The number of aryl methyl sites for hydroxylation is 2. The second-order valence-electron chi connectivity index (χ2n) is 13.4. The Labute approximate surface area is 318 Å². The number of benzene rings is 5. The van der Waals surface area contributed by atoms with Crippen LogP contribution in [0.25, 0.3) is 44.5 Å². The summed E-state index contributed by atoms with van der Waals surface area (Å²) in [6, 6.07) is 31.3. The van der Waals surface area contributed by atoms with Crippen molar-refractivity contribution >= 4 is 39.7 Å². The van der Waals surface area contributed by atoms with Gasteiger partial charge in [0.05, 0.1) is 12.7 Å². The summed E-state index contributed by atoms with van der Waals surface area (Å²) in [5.74, 6) is -0.123. The number of tetrazole rings is 1. The average Bonchev–Trinajstić information content (AvgIpc) is 3.89. The molecule has 0 unspecified atom stereocenters. The molecule has 2 amide bonds. The molecule has 55 heavy (non-hydrogen) atoms. The summed E-state index contributed by atoms with van der Waals surface area (Å²) in [5, 5.41) is 29.3. The largest absolute Gasteiger partial charge is 0.322 e. The maximum Gasteiger partial charge on any atom is 0.256 e. The number of ketones is 1. The van der Waals surface area contributed by atoms with Crippen LogP contribution in [0, 0.1) is 0 Å². The first-order valence-electron chi connectivity index (χ1n) is 18.5. The van der Waals surface area contributed by atoms with Crippen LogP contribution in [-0.4, -0.2) is 52.8 Å². The van der Waals surface area contributed by atoms with Crippen molar-refractivity contribution in [2.75, 3.05) is 10.6 Å². The molecular formula is C43H41N9O3. The van der Waals surface area contributed by atoms with Gasteiger partial charge in [-0.25, -0.2) is 0 Å².